The third-order valence-corrected chi connectivity index (χ3v) is 6.30. The molecule has 2 fully saturated rings. The van der Waals surface area contributed by atoms with Crippen LogP contribution < -0.4 is 10.2 Å². The molecule has 1 amide bonds. The summed E-state index contributed by atoms with van der Waals surface area (Å²) in [5.74, 6) is -0.425. The molecule has 2 aromatic rings. The summed E-state index contributed by atoms with van der Waals surface area (Å²) in [5, 5.41) is 44.0. The maximum Gasteiger partial charge on any atom is 0.275 e. The molecule has 1 aromatic heterocycles. The van der Waals surface area contributed by atoms with Gasteiger partial charge in [0.2, 0.25) is 0 Å². The smallest absolute Gasteiger partial charge is 0.275 e. The monoisotopic (exact) mass is 451 g/mol. The number of nitrogens with zero attached hydrogens (tertiary/aromatic N) is 2. The fourth-order valence-corrected chi connectivity index (χ4v) is 4.47. The fraction of sp³-hybridized carbons (Fsp3) is 0.500. The Kier molecular flexibility index (Phi) is 6.82. The van der Waals surface area contributed by atoms with E-state index in [0.29, 0.717) is 18.9 Å². The minimum atomic E-state index is -1.50. The molecule has 5 atom stereocenters. The van der Waals surface area contributed by atoms with E-state index in [9.17, 15) is 25.2 Å². The number of amides is 1. The summed E-state index contributed by atoms with van der Waals surface area (Å²) in [6.45, 7) is 2.51. The molecule has 2 aliphatic heterocycles. The van der Waals surface area contributed by atoms with Crippen molar-refractivity contribution < 1.29 is 34.7 Å². The van der Waals surface area contributed by atoms with Crippen LogP contribution in [-0.2, 0) is 9.47 Å². The van der Waals surface area contributed by atoms with Crippen molar-refractivity contribution in [2.24, 2.45) is 0 Å². The second kappa shape index (κ2) is 9.57. The quantitative estimate of drug-likeness (QED) is 0.415. The summed E-state index contributed by atoms with van der Waals surface area (Å²) in [6, 6.07) is 7.49. The summed E-state index contributed by atoms with van der Waals surface area (Å²) in [6.07, 6.45) is -6.47. The molecule has 4 rings (SSSR count). The number of anilines is 2. The standard InChI is InChI=1S/C20H25N3O7S/c24-9-14-15(25)16(26)17(27)18(30-14)20-22-13(10-31-20)19(28)21-11-1-3-12(4-2-11)23-5-7-29-8-6-23/h1-4,10,14-18,24-27H,5-9H2,(H,21,28)/t14-,15+,16+,17-,18-/m1/s1. The van der Waals surface area contributed by atoms with E-state index >= 15 is 0 Å². The molecule has 5 N–H and O–H groups in total. The number of hydrogen-bond acceptors (Lipinski definition) is 10. The number of hydrogen-bond donors (Lipinski definition) is 5. The predicted molar refractivity (Wildman–Crippen MR) is 112 cm³/mol. The largest absolute Gasteiger partial charge is 0.394 e. The van der Waals surface area contributed by atoms with Gasteiger partial charge < -0.3 is 40.1 Å². The van der Waals surface area contributed by atoms with Crippen LogP contribution in [0.1, 0.15) is 21.6 Å². The van der Waals surface area contributed by atoms with Crippen LogP contribution in [0.25, 0.3) is 0 Å². The molecular formula is C20H25N3O7S. The number of rotatable bonds is 5. The Hall–Kier alpha value is -2.12. The SMILES string of the molecule is O=C(Nc1ccc(N2CCOCC2)cc1)c1csc([C@@H]2O[C@H](CO)[C@H](O)[C@H](O)[C@H]2O)n1. The van der Waals surface area contributed by atoms with Gasteiger partial charge in [-0.25, -0.2) is 4.98 Å². The van der Waals surface area contributed by atoms with Gasteiger partial charge in [0.05, 0.1) is 19.8 Å². The Morgan fingerprint density at radius 2 is 1.84 bits per heavy atom. The van der Waals surface area contributed by atoms with Gasteiger partial charge in [-0.1, -0.05) is 0 Å². The average Bonchev–Trinajstić information content (AvgIpc) is 3.29. The van der Waals surface area contributed by atoms with E-state index in [1.807, 2.05) is 24.3 Å². The number of benzene rings is 1. The Morgan fingerprint density at radius 3 is 2.52 bits per heavy atom. The molecule has 0 spiro atoms. The number of ether oxygens (including phenoxy) is 2. The zero-order chi connectivity index (χ0) is 22.0. The molecule has 0 radical (unpaired) electrons. The highest BCUT2D eigenvalue weighted by atomic mass is 32.1. The first-order valence-corrected chi connectivity index (χ1v) is 10.9. The van der Waals surface area contributed by atoms with Gasteiger partial charge in [-0.3, -0.25) is 4.79 Å². The first-order valence-electron chi connectivity index (χ1n) is 9.98. The second-order valence-electron chi connectivity index (χ2n) is 7.42. The number of aliphatic hydroxyl groups excluding tert-OH is 4. The maximum atomic E-state index is 12.6. The zero-order valence-electron chi connectivity index (χ0n) is 16.6. The fourth-order valence-electron chi connectivity index (χ4n) is 3.60. The first-order chi connectivity index (χ1) is 15.0. The third kappa shape index (κ3) is 4.72. The summed E-state index contributed by atoms with van der Waals surface area (Å²) in [7, 11) is 0. The molecule has 1 aromatic carbocycles. The van der Waals surface area contributed by atoms with Crippen LogP contribution in [0.15, 0.2) is 29.6 Å². The van der Waals surface area contributed by atoms with E-state index < -0.39 is 43.0 Å². The van der Waals surface area contributed by atoms with Gasteiger partial charge in [0.15, 0.2) is 0 Å². The molecule has 3 heterocycles. The van der Waals surface area contributed by atoms with E-state index in [1.54, 1.807) is 0 Å². The van der Waals surface area contributed by atoms with Crippen molar-refractivity contribution in [3.05, 3.63) is 40.3 Å². The lowest BCUT2D eigenvalue weighted by Crippen LogP contribution is -2.55. The molecule has 2 saturated heterocycles. The van der Waals surface area contributed by atoms with Gasteiger partial charge in [0, 0.05) is 29.8 Å². The van der Waals surface area contributed by atoms with Crippen LogP contribution in [0, 0.1) is 0 Å². The van der Waals surface area contributed by atoms with Crippen LogP contribution in [0.3, 0.4) is 0 Å². The lowest BCUT2D eigenvalue weighted by molar-refractivity contribution is -0.231. The van der Waals surface area contributed by atoms with Crippen molar-refractivity contribution in [3.63, 3.8) is 0 Å². The van der Waals surface area contributed by atoms with Crippen LogP contribution in [-0.4, -0.2) is 88.6 Å². The normalized spacial score (nSPS) is 29.0. The summed E-state index contributed by atoms with van der Waals surface area (Å²) in [4.78, 5) is 19.0. The van der Waals surface area contributed by atoms with Gasteiger partial charge >= 0.3 is 0 Å². The van der Waals surface area contributed by atoms with Crippen molar-refractivity contribution in [1.82, 2.24) is 4.98 Å². The topological polar surface area (TPSA) is 145 Å². The summed E-state index contributed by atoms with van der Waals surface area (Å²) in [5.41, 5.74) is 1.80. The highest BCUT2D eigenvalue weighted by Gasteiger charge is 2.45. The lowest BCUT2D eigenvalue weighted by Gasteiger charge is -2.39. The molecule has 168 valence electrons. The van der Waals surface area contributed by atoms with E-state index in [1.165, 1.54) is 5.38 Å². The molecule has 10 nitrogen and oxygen atoms in total. The van der Waals surface area contributed by atoms with E-state index in [2.05, 4.69) is 15.2 Å². The molecular weight excluding hydrogens is 426 g/mol. The molecule has 2 aliphatic rings. The van der Waals surface area contributed by atoms with Crippen molar-refractivity contribution in [2.75, 3.05) is 43.1 Å². The Balaban J connectivity index is 1.41. The maximum absolute atomic E-state index is 12.6. The number of thiazole rings is 1. The molecule has 31 heavy (non-hydrogen) atoms. The predicted octanol–water partition coefficient (Wildman–Crippen LogP) is -0.253. The molecule has 0 bridgehead atoms. The third-order valence-electron chi connectivity index (χ3n) is 5.39. The number of nitrogens with one attached hydrogen (secondary N) is 1. The number of carbonyl (C=O) groups excluding carboxylic acids is 1. The number of aromatic nitrogens is 1. The van der Waals surface area contributed by atoms with Gasteiger partial charge in [-0.15, -0.1) is 11.3 Å². The van der Waals surface area contributed by atoms with Crippen molar-refractivity contribution in [1.29, 1.82) is 0 Å². The van der Waals surface area contributed by atoms with Crippen LogP contribution >= 0.6 is 11.3 Å². The van der Waals surface area contributed by atoms with Gasteiger partial charge in [0.25, 0.3) is 5.91 Å². The highest BCUT2D eigenvalue weighted by Crippen LogP contribution is 2.34. The Morgan fingerprint density at radius 1 is 1.13 bits per heavy atom. The Bertz CT molecular complexity index is 885. The van der Waals surface area contributed by atoms with Crippen molar-refractivity contribution >= 4 is 28.6 Å². The first kappa shape index (κ1) is 22.1. The molecule has 0 saturated carbocycles. The average molecular weight is 452 g/mol. The van der Waals surface area contributed by atoms with Crippen molar-refractivity contribution in [3.8, 4) is 0 Å². The summed E-state index contributed by atoms with van der Waals surface area (Å²) >= 11 is 1.09. The second-order valence-corrected chi connectivity index (χ2v) is 8.31. The Labute approximate surface area is 182 Å². The number of carbonyl (C=O) groups is 1. The van der Waals surface area contributed by atoms with Crippen LogP contribution in [0.4, 0.5) is 11.4 Å². The van der Waals surface area contributed by atoms with Gasteiger partial charge in [-0.2, -0.15) is 0 Å². The number of aliphatic hydroxyl groups is 4. The number of morpholine rings is 1. The zero-order valence-corrected chi connectivity index (χ0v) is 17.4. The van der Waals surface area contributed by atoms with Gasteiger partial charge in [0.1, 0.15) is 41.2 Å². The minimum absolute atomic E-state index is 0.134. The van der Waals surface area contributed by atoms with Gasteiger partial charge in [-0.05, 0) is 24.3 Å². The van der Waals surface area contributed by atoms with E-state index in [4.69, 9.17) is 9.47 Å². The molecule has 11 heteroatoms. The highest BCUT2D eigenvalue weighted by molar-refractivity contribution is 7.09. The van der Waals surface area contributed by atoms with E-state index in [0.717, 1.165) is 30.1 Å². The summed E-state index contributed by atoms with van der Waals surface area (Å²) < 4.78 is 10.8. The van der Waals surface area contributed by atoms with Crippen molar-refractivity contribution in [2.45, 2.75) is 30.5 Å². The lowest BCUT2D eigenvalue weighted by atomic mass is 9.95. The molecule has 0 aliphatic carbocycles. The van der Waals surface area contributed by atoms with E-state index in [-0.39, 0.29) is 10.7 Å². The minimum Gasteiger partial charge on any atom is -0.394 e. The van der Waals surface area contributed by atoms with Crippen LogP contribution in [0.5, 0.6) is 0 Å². The van der Waals surface area contributed by atoms with Crippen LogP contribution in [0.2, 0.25) is 0 Å². The molecule has 0 unspecified atom stereocenters.